The molecule has 2 rings (SSSR count). The smallest absolute Gasteiger partial charge is 0.293 e. The molecule has 0 unspecified atom stereocenters. The van der Waals surface area contributed by atoms with E-state index in [2.05, 4.69) is 5.92 Å². The molecule has 1 amide bonds. The molecule has 0 saturated carbocycles. The Morgan fingerprint density at radius 3 is 2.80 bits per heavy atom. The van der Waals surface area contributed by atoms with E-state index in [-0.39, 0.29) is 6.54 Å². The van der Waals surface area contributed by atoms with E-state index in [1.165, 1.54) is 4.90 Å². The minimum atomic E-state index is -0.534. The van der Waals surface area contributed by atoms with E-state index in [1.807, 2.05) is 13.0 Å². The number of carbonyl (C=O) groups excluding carboxylic acids is 2. The first-order chi connectivity index (χ1) is 7.15. The van der Waals surface area contributed by atoms with Crippen molar-refractivity contribution in [2.45, 2.75) is 6.92 Å². The fourth-order valence-corrected chi connectivity index (χ4v) is 1.66. The molecule has 0 fully saturated rings. The van der Waals surface area contributed by atoms with Crippen LogP contribution in [0.2, 0.25) is 0 Å². The fraction of sp³-hybridized carbons (Fsp3) is 0.167. The second-order valence-corrected chi connectivity index (χ2v) is 3.45. The molecule has 0 saturated heterocycles. The Bertz CT molecular complexity index is 497. The average molecular weight is 199 g/mol. The van der Waals surface area contributed by atoms with Gasteiger partial charge in [-0.2, -0.15) is 0 Å². The summed E-state index contributed by atoms with van der Waals surface area (Å²) in [5.41, 5.74) is 2.03. The lowest BCUT2D eigenvalue weighted by Crippen LogP contribution is -2.29. The number of aryl methyl sites for hydroxylation is 1. The minimum Gasteiger partial charge on any atom is -0.293 e. The maximum Gasteiger partial charge on any atom is 0.300 e. The number of hydrogen-bond acceptors (Lipinski definition) is 2. The van der Waals surface area contributed by atoms with Gasteiger partial charge in [-0.25, -0.2) is 0 Å². The summed E-state index contributed by atoms with van der Waals surface area (Å²) in [6, 6.07) is 5.32. The van der Waals surface area contributed by atoms with Gasteiger partial charge in [0, 0.05) is 0 Å². The number of hydrogen-bond donors (Lipinski definition) is 0. The minimum absolute atomic E-state index is 0.140. The molecule has 0 bridgehead atoms. The standard InChI is InChI=1S/C12H9NO2/c1-3-6-13-10-5-4-8(2)7-9(10)11(14)12(13)15/h1,4-5,7H,6H2,2H3. The molecular formula is C12H9NO2. The zero-order valence-electron chi connectivity index (χ0n) is 8.28. The van der Waals surface area contributed by atoms with Crippen LogP contribution in [0.4, 0.5) is 5.69 Å². The maximum absolute atomic E-state index is 11.6. The van der Waals surface area contributed by atoms with Gasteiger partial charge in [-0.15, -0.1) is 6.42 Å². The zero-order valence-corrected chi connectivity index (χ0v) is 8.28. The molecule has 1 aromatic rings. The van der Waals surface area contributed by atoms with Gasteiger partial charge < -0.3 is 0 Å². The molecular weight excluding hydrogens is 190 g/mol. The molecule has 0 spiro atoms. The number of rotatable bonds is 1. The Morgan fingerprint density at radius 2 is 2.13 bits per heavy atom. The van der Waals surface area contributed by atoms with Crippen LogP contribution in [0, 0.1) is 19.3 Å². The van der Waals surface area contributed by atoms with Crippen LogP contribution in [-0.2, 0) is 4.79 Å². The Kier molecular flexibility index (Phi) is 2.05. The predicted octanol–water partition coefficient (Wildman–Crippen LogP) is 1.16. The van der Waals surface area contributed by atoms with Crippen molar-refractivity contribution in [2.75, 3.05) is 11.4 Å². The normalized spacial score (nSPS) is 14.0. The molecule has 3 nitrogen and oxygen atoms in total. The van der Waals surface area contributed by atoms with E-state index in [9.17, 15) is 9.59 Å². The number of fused-ring (bicyclic) bond motifs is 1. The summed E-state index contributed by atoms with van der Waals surface area (Å²) in [7, 11) is 0. The number of amides is 1. The average Bonchev–Trinajstić information content (AvgIpc) is 2.44. The monoisotopic (exact) mass is 199 g/mol. The van der Waals surface area contributed by atoms with Crippen LogP contribution in [0.3, 0.4) is 0 Å². The number of anilines is 1. The van der Waals surface area contributed by atoms with Crippen LogP contribution in [0.1, 0.15) is 15.9 Å². The molecule has 0 atom stereocenters. The third-order valence-electron chi connectivity index (χ3n) is 2.38. The topological polar surface area (TPSA) is 37.4 Å². The largest absolute Gasteiger partial charge is 0.300 e. The van der Waals surface area contributed by atoms with Crippen molar-refractivity contribution in [2.24, 2.45) is 0 Å². The van der Waals surface area contributed by atoms with Gasteiger partial charge in [0.05, 0.1) is 17.8 Å². The first kappa shape index (κ1) is 9.47. The lowest BCUT2D eigenvalue weighted by Gasteiger charge is -2.12. The highest BCUT2D eigenvalue weighted by Crippen LogP contribution is 2.29. The molecule has 74 valence electrons. The second-order valence-electron chi connectivity index (χ2n) is 3.45. The van der Waals surface area contributed by atoms with Gasteiger partial charge in [-0.1, -0.05) is 17.6 Å². The van der Waals surface area contributed by atoms with Crippen molar-refractivity contribution in [3.63, 3.8) is 0 Å². The highest BCUT2D eigenvalue weighted by atomic mass is 16.2. The van der Waals surface area contributed by atoms with Gasteiger partial charge in [0.25, 0.3) is 11.7 Å². The van der Waals surface area contributed by atoms with Crippen molar-refractivity contribution in [1.82, 2.24) is 0 Å². The SMILES string of the molecule is C#CCN1C(=O)C(=O)c2cc(C)ccc21. The molecule has 1 aromatic carbocycles. The van der Waals surface area contributed by atoms with E-state index < -0.39 is 11.7 Å². The maximum atomic E-state index is 11.6. The molecule has 1 aliphatic rings. The Morgan fingerprint density at radius 1 is 1.40 bits per heavy atom. The Labute approximate surface area is 87.7 Å². The third kappa shape index (κ3) is 1.31. The quantitative estimate of drug-likeness (QED) is 0.502. The van der Waals surface area contributed by atoms with Crippen LogP contribution in [0.15, 0.2) is 18.2 Å². The van der Waals surface area contributed by atoms with E-state index in [0.29, 0.717) is 11.3 Å². The first-order valence-corrected chi connectivity index (χ1v) is 4.55. The van der Waals surface area contributed by atoms with Gasteiger partial charge >= 0.3 is 0 Å². The summed E-state index contributed by atoms with van der Waals surface area (Å²) in [6.07, 6.45) is 5.15. The molecule has 1 aliphatic heterocycles. The highest BCUT2D eigenvalue weighted by Gasteiger charge is 2.34. The van der Waals surface area contributed by atoms with Crippen LogP contribution in [0.5, 0.6) is 0 Å². The third-order valence-corrected chi connectivity index (χ3v) is 2.38. The Balaban J connectivity index is 2.56. The number of ketones is 1. The van der Waals surface area contributed by atoms with Gasteiger partial charge in [0.15, 0.2) is 0 Å². The number of nitrogens with zero attached hydrogens (tertiary/aromatic N) is 1. The van der Waals surface area contributed by atoms with E-state index in [1.54, 1.807) is 12.1 Å². The zero-order chi connectivity index (χ0) is 11.0. The van der Waals surface area contributed by atoms with Crippen LogP contribution >= 0.6 is 0 Å². The van der Waals surface area contributed by atoms with Crippen LogP contribution < -0.4 is 4.90 Å². The van der Waals surface area contributed by atoms with E-state index in [4.69, 9.17) is 6.42 Å². The molecule has 0 aromatic heterocycles. The van der Waals surface area contributed by atoms with E-state index >= 15 is 0 Å². The summed E-state index contributed by atoms with van der Waals surface area (Å²) in [5.74, 6) is 1.37. The van der Waals surface area contributed by atoms with Crippen molar-refractivity contribution >= 4 is 17.4 Å². The van der Waals surface area contributed by atoms with Crippen LogP contribution in [0.25, 0.3) is 0 Å². The number of Topliss-reactive ketones (excluding diaryl/α,β-unsaturated/α-hetero) is 1. The molecule has 0 radical (unpaired) electrons. The number of terminal acetylenes is 1. The van der Waals surface area contributed by atoms with Gasteiger partial charge in [-0.05, 0) is 19.1 Å². The van der Waals surface area contributed by atoms with Crippen molar-refractivity contribution in [1.29, 1.82) is 0 Å². The van der Waals surface area contributed by atoms with Gasteiger partial charge in [0.2, 0.25) is 0 Å². The second kappa shape index (κ2) is 3.25. The lowest BCUT2D eigenvalue weighted by atomic mass is 10.1. The van der Waals surface area contributed by atoms with Crippen molar-refractivity contribution in [3.8, 4) is 12.3 Å². The fourth-order valence-electron chi connectivity index (χ4n) is 1.66. The summed E-state index contributed by atoms with van der Waals surface area (Å²) >= 11 is 0. The Hall–Kier alpha value is -2.08. The number of carbonyl (C=O) groups is 2. The number of benzene rings is 1. The highest BCUT2D eigenvalue weighted by molar-refractivity contribution is 6.52. The van der Waals surface area contributed by atoms with Crippen LogP contribution in [-0.4, -0.2) is 18.2 Å². The summed E-state index contributed by atoms with van der Waals surface area (Å²) in [6.45, 7) is 2.02. The molecule has 3 heteroatoms. The summed E-state index contributed by atoms with van der Waals surface area (Å²) < 4.78 is 0. The van der Waals surface area contributed by atoms with Gasteiger partial charge in [-0.3, -0.25) is 14.5 Å². The molecule has 0 aliphatic carbocycles. The summed E-state index contributed by atoms with van der Waals surface area (Å²) in [5, 5.41) is 0. The lowest BCUT2D eigenvalue weighted by molar-refractivity contribution is -0.114. The summed E-state index contributed by atoms with van der Waals surface area (Å²) in [4.78, 5) is 24.4. The van der Waals surface area contributed by atoms with Gasteiger partial charge in [0.1, 0.15) is 0 Å². The van der Waals surface area contributed by atoms with Crippen molar-refractivity contribution in [3.05, 3.63) is 29.3 Å². The molecule has 0 N–H and O–H groups in total. The predicted molar refractivity (Wildman–Crippen MR) is 56.7 cm³/mol. The van der Waals surface area contributed by atoms with E-state index in [0.717, 1.165) is 5.56 Å². The molecule has 15 heavy (non-hydrogen) atoms. The molecule has 1 heterocycles. The van der Waals surface area contributed by atoms with Crippen molar-refractivity contribution < 1.29 is 9.59 Å². The first-order valence-electron chi connectivity index (χ1n) is 4.55.